The van der Waals surface area contributed by atoms with Gasteiger partial charge in [-0.25, -0.2) is 19.9 Å². The SMILES string of the molecule is N=C(NCCCCCNCC1CCN(CCCCCNC(=N)NC(=O)c2nc(Cl)c(N)nc2N)CC1)NC(=O)c1nc(Cl)c(N)nc1N. The van der Waals surface area contributed by atoms with Crippen LogP contribution in [0.15, 0.2) is 0 Å². The number of rotatable bonds is 16. The summed E-state index contributed by atoms with van der Waals surface area (Å²) in [5.74, 6) is -1.44. The molecule has 1 fully saturated rings. The fourth-order valence-electron chi connectivity index (χ4n) is 4.99. The molecule has 3 rings (SSSR count). The molecule has 1 aliphatic rings. The van der Waals surface area contributed by atoms with Gasteiger partial charge in [0.05, 0.1) is 0 Å². The van der Waals surface area contributed by atoms with E-state index in [1.807, 2.05) is 0 Å². The number of nitrogen functional groups attached to an aromatic ring is 4. The Morgan fingerprint density at radius 3 is 1.65 bits per heavy atom. The van der Waals surface area contributed by atoms with E-state index in [1.165, 1.54) is 12.8 Å². The fraction of sp³-hybridized carbons (Fsp3) is 0.571. The number of nitrogens with two attached hydrogens (primary N) is 4. The van der Waals surface area contributed by atoms with Crippen LogP contribution in [0.4, 0.5) is 23.3 Å². The summed E-state index contributed by atoms with van der Waals surface area (Å²) in [6.07, 6.45) is 8.17. The first-order chi connectivity index (χ1) is 22.9. The van der Waals surface area contributed by atoms with E-state index >= 15 is 0 Å². The Morgan fingerprint density at radius 1 is 0.688 bits per heavy atom. The second kappa shape index (κ2) is 19.5. The highest BCUT2D eigenvalue weighted by atomic mass is 35.5. The van der Waals surface area contributed by atoms with Crippen LogP contribution in [0.1, 0.15) is 72.3 Å². The Hall–Kier alpha value is -4.26. The third-order valence-corrected chi connectivity index (χ3v) is 8.20. The number of unbranched alkanes of at least 4 members (excludes halogenated alkanes) is 4. The zero-order valence-electron chi connectivity index (χ0n) is 26.8. The molecular formula is C28H46Cl2N16O2. The summed E-state index contributed by atoms with van der Waals surface area (Å²) in [7, 11) is 0. The van der Waals surface area contributed by atoms with Gasteiger partial charge >= 0.3 is 0 Å². The number of halogens is 2. The quantitative estimate of drug-likeness (QED) is 0.0652. The predicted molar refractivity (Wildman–Crippen MR) is 188 cm³/mol. The van der Waals surface area contributed by atoms with Crippen molar-refractivity contribution in [2.24, 2.45) is 5.92 Å². The molecule has 0 aliphatic carbocycles. The summed E-state index contributed by atoms with van der Waals surface area (Å²) in [4.78, 5) is 42.2. The summed E-state index contributed by atoms with van der Waals surface area (Å²) >= 11 is 11.6. The molecule has 0 saturated carbocycles. The van der Waals surface area contributed by atoms with Gasteiger partial charge in [0, 0.05) is 13.1 Å². The van der Waals surface area contributed by atoms with Crippen LogP contribution in [0, 0.1) is 16.7 Å². The molecule has 0 atom stereocenters. The van der Waals surface area contributed by atoms with Crippen molar-refractivity contribution in [2.75, 3.05) is 68.7 Å². The lowest BCUT2D eigenvalue weighted by atomic mass is 9.96. The number of carbonyl (C=O) groups is 2. The number of amides is 2. The van der Waals surface area contributed by atoms with Gasteiger partial charge < -0.3 is 43.8 Å². The molecule has 0 radical (unpaired) electrons. The number of piperidine rings is 1. The lowest BCUT2D eigenvalue weighted by molar-refractivity contribution is 0.0963. The van der Waals surface area contributed by atoms with E-state index in [4.69, 9.17) is 57.0 Å². The van der Waals surface area contributed by atoms with Gasteiger partial charge in [0.15, 0.2) is 56.9 Å². The van der Waals surface area contributed by atoms with Crippen LogP contribution >= 0.6 is 23.2 Å². The molecule has 18 nitrogen and oxygen atoms in total. The maximum Gasteiger partial charge on any atom is 0.280 e. The topological polar surface area (TPSA) is 301 Å². The maximum atomic E-state index is 12.3. The van der Waals surface area contributed by atoms with Gasteiger partial charge in [0.25, 0.3) is 11.8 Å². The molecule has 2 aromatic rings. The first-order valence-corrected chi connectivity index (χ1v) is 16.6. The second-order valence-corrected chi connectivity index (χ2v) is 12.1. The summed E-state index contributed by atoms with van der Waals surface area (Å²) in [6, 6.07) is 0. The van der Waals surface area contributed by atoms with E-state index in [1.54, 1.807) is 0 Å². The Labute approximate surface area is 289 Å². The summed E-state index contributed by atoms with van der Waals surface area (Å²) < 4.78 is 0. The minimum Gasteiger partial charge on any atom is -0.382 e. The third kappa shape index (κ3) is 12.7. The van der Waals surface area contributed by atoms with E-state index < -0.39 is 11.8 Å². The average Bonchev–Trinajstić information content (AvgIpc) is 3.04. The van der Waals surface area contributed by atoms with Crippen molar-refractivity contribution in [3.63, 3.8) is 0 Å². The molecular weight excluding hydrogens is 663 g/mol. The molecule has 20 heteroatoms. The number of nitrogens with one attached hydrogen (secondary N) is 7. The lowest BCUT2D eigenvalue weighted by Crippen LogP contribution is -2.41. The Balaban J connectivity index is 1.13. The minimum absolute atomic E-state index is 0.0658. The number of anilines is 4. The van der Waals surface area contributed by atoms with E-state index in [-0.39, 0.29) is 56.9 Å². The van der Waals surface area contributed by atoms with Crippen LogP contribution in [0.25, 0.3) is 0 Å². The van der Waals surface area contributed by atoms with Crippen molar-refractivity contribution >= 4 is 70.2 Å². The highest BCUT2D eigenvalue weighted by Gasteiger charge is 2.20. The number of nitrogens with zero attached hydrogens (tertiary/aromatic N) is 5. The van der Waals surface area contributed by atoms with Crippen LogP contribution in [0.2, 0.25) is 10.3 Å². The molecule has 0 spiro atoms. The Kier molecular flexibility index (Phi) is 15.5. The van der Waals surface area contributed by atoms with Gasteiger partial charge in [-0.1, -0.05) is 36.0 Å². The zero-order chi connectivity index (χ0) is 35.1. The van der Waals surface area contributed by atoms with Crippen molar-refractivity contribution in [1.29, 1.82) is 10.8 Å². The zero-order valence-corrected chi connectivity index (χ0v) is 28.3. The number of hydrogen-bond acceptors (Lipinski definition) is 14. The van der Waals surface area contributed by atoms with Gasteiger partial charge in [-0.05, 0) is 77.2 Å². The number of carbonyl (C=O) groups excluding carboxylic acids is 2. The average molecular weight is 710 g/mol. The number of aromatic nitrogens is 4. The van der Waals surface area contributed by atoms with Crippen LogP contribution in [0.3, 0.4) is 0 Å². The normalized spacial score (nSPS) is 13.5. The second-order valence-electron chi connectivity index (χ2n) is 11.4. The molecule has 1 saturated heterocycles. The van der Waals surface area contributed by atoms with E-state index in [0.717, 1.165) is 71.2 Å². The molecule has 0 aromatic carbocycles. The minimum atomic E-state index is -0.687. The number of guanidine groups is 2. The standard InChI is InChI=1S/C28H46Cl2N16O2/c29-19-23(33)42-21(31)17(40-19)25(47)44-27(35)38-10-4-1-3-9-37-15-16-7-13-46(14-8-16)12-6-2-5-11-39-28(36)45-26(48)18-22(32)43-24(34)20(30)41-18/h16,37H,1-15H2,(H4,31,33,42)(H4,32,34,43)(H3,35,38,44,47)(H3,36,39,45,48). The third-order valence-electron chi connectivity index (χ3n) is 7.64. The van der Waals surface area contributed by atoms with Crippen LogP contribution in [0.5, 0.6) is 0 Å². The smallest absolute Gasteiger partial charge is 0.280 e. The largest absolute Gasteiger partial charge is 0.382 e. The summed E-state index contributed by atoms with van der Waals surface area (Å²) in [5.41, 5.74) is 22.0. The van der Waals surface area contributed by atoms with Gasteiger partial charge in [-0.3, -0.25) is 31.0 Å². The predicted octanol–water partition coefficient (Wildman–Crippen LogP) is 0.753. The highest BCUT2D eigenvalue weighted by molar-refractivity contribution is 6.32. The van der Waals surface area contributed by atoms with Crippen molar-refractivity contribution in [1.82, 2.24) is 51.4 Å². The molecule has 3 heterocycles. The van der Waals surface area contributed by atoms with Crippen LogP contribution < -0.4 is 49.5 Å². The highest BCUT2D eigenvalue weighted by Crippen LogP contribution is 2.19. The van der Waals surface area contributed by atoms with Gasteiger partial charge in [-0.15, -0.1) is 0 Å². The van der Waals surface area contributed by atoms with Crippen molar-refractivity contribution in [3.05, 3.63) is 21.7 Å². The first-order valence-electron chi connectivity index (χ1n) is 15.8. The molecule has 48 heavy (non-hydrogen) atoms. The molecule has 0 bridgehead atoms. The van der Waals surface area contributed by atoms with Crippen molar-refractivity contribution < 1.29 is 9.59 Å². The molecule has 1 aliphatic heterocycles. The van der Waals surface area contributed by atoms with Gasteiger partial charge in [-0.2, -0.15) is 0 Å². The monoisotopic (exact) mass is 708 g/mol. The first kappa shape index (κ1) is 38.2. The number of likely N-dealkylation sites (tertiary alicyclic amines) is 1. The summed E-state index contributed by atoms with van der Waals surface area (Å²) in [6.45, 7) is 6.31. The van der Waals surface area contributed by atoms with Crippen LogP contribution in [-0.2, 0) is 0 Å². The molecule has 264 valence electrons. The Bertz CT molecular complexity index is 1420. The molecule has 2 amide bonds. The maximum absolute atomic E-state index is 12.3. The van der Waals surface area contributed by atoms with Crippen molar-refractivity contribution in [3.8, 4) is 0 Å². The fourth-order valence-corrected chi connectivity index (χ4v) is 5.24. The Morgan fingerprint density at radius 2 is 1.15 bits per heavy atom. The molecule has 2 aromatic heterocycles. The van der Waals surface area contributed by atoms with Crippen LogP contribution in [-0.4, -0.2) is 94.4 Å². The van der Waals surface area contributed by atoms with E-state index in [9.17, 15) is 9.59 Å². The van der Waals surface area contributed by atoms with Gasteiger partial charge in [0.1, 0.15) is 0 Å². The van der Waals surface area contributed by atoms with E-state index in [2.05, 4.69) is 51.4 Å². The summed E-state index contributed by atoms with van der Waals surface area (Å²) in [5, 5.41) is 29.6. The van der Waals surface area contributed by atoms with E-state index in [0.29, 0.717) is 19.0 Å². The lowest BCUT2D eigenvalue weighted by Gasteiger charge is -2.32. The van der Waals surface area contributed by atoms with Crippen molar-refractivity contribution in [2.45, 2.75) is 51.4 Å². The molecule has 15 N–H and O–H groups in total. The number of hydrogen-bond donors (Lipinski definition) is 11. The molecule has 0 unspecified atom stereocenters. The van der Waals surface area contributed by atoms with Gasteiger partial charge in [0.2, 0.25) is 0 Å².